The lowest BCUT2D eigenvalue weighted by Gasteiger charge is -2.10. The molecule has 3 N–H and O–H groups in total. The molecule has 20 heavy (non-hydrogen) atoms. The first kappa shape index (κ1) is 14.7. The van der Waals surface area contributed by atoms with Crippen LogP contribution in [0.2, 0.25) is 0 Å². The molecule has 0 aliphatic rings. The van der Waals surface area contributed by atoms with Gasteiger partial charge in [-0.3, -0.25) is 4.79 Å². The summed E-state index contributed by atoms with van der Waals surface area (Å²) in [6.45, 7) is 0.711. The standard InChI is InChI=1S/C15H14BrFN2O/c16-12-6-3-7-13(17)14(12)15(20)19-9-11-5-2-1-4-10(11)8-18/h1-7H,8-9,18H2,(H,19,20). The third-order valence-corrected chi connectivity index (χ3v) is 3.63. The highest BCUT2D eigenvalue weighted by atomic mass is 79.9. The third kappa shape index (κ3) is 3.23. The first-order valence-electron chi connectivity index (χ1n) is 6.12. The van der Waals surface area contributed by atoms with Gasteiger partial charge in [0, 0.05) is 17.6 Å². The van der Waals surface area contributed by atoms with E-state index < -0.39 is 11.7 Å². The summed E-state index contributed by atoms with van der Waals surface area (Å²) in [6, 6.07) is 12.0. The predicted molar refractivity (Wildman–Crippen MR) is 79.6 cm³/mol. The smallest absolute Gasteiger partial charge is 0.255 e. The summed E-state index contributed by atoms with van der Waals surface area (Å²) in [5.74, 6) is -1.01. The molecule has 0 heterocycles. The summed E-state index contributed by atoms with van der Waals surface area (Å²) in [6.07, 6.45) is 0. The van der Waals surface area contributed by atoms with Crippen LogP contribution in [0.25, 0.3) is 0 Å². The summed E-state index contributed by atoms with van der Waals surface area (Å²) in [5, 5.41) is 2.71. The molecular formula is C15H14BrFN2O. The van der Waals surface area contributed by atoms with Crippen LogP contribution in [-0.4, -0.2) is 5.91 Å². The highest BCUT2D eigenvalue weighted by molar-refractivity contribution is 9.10. The minimum Gasteiger partial charge on any atom is -0.348 e. The normalized spacial score (nSPS) is 10.3. The molecular weight excluding hydrogens is 323 g/mol. The van der Waals surface area contributed by atoms with Crippen molar-refractivity contribution in [1.29, 1.82) is 0 Å². The molecule has 0 radical (unpaired) electrons. The molecule has 2 aromatic carbocycles. The van der Waals surface area contributed by atoms with Gasteiger partial charge < -0.3 is 11.1 Å². The number of carbonyl (C=O) groups excluding carboxylic acids is 1. The van der Waals surface area contributed by atoms with Gasteiger partial charge in [-0.2, -0.15) is 0 Å². The molecule has 0 bridgehead atoms. The molecule has 0 spiro atoms. The number of hydrogen-bond donors (Lipinski definition) is 2. The van der Waals surface area contributed by atoms with E-state index in [2.05, 4.69) is 21.2 Å². The second-order valence-electron chi connectivity index (χ2n) is 4.25. The van der Waals surface area contributed by atoms with Gasteiger partial charge in [0.1, 0.15) is 5.82 Å². The lowest BCUT2D eigenvalue weighted by molar-refractivity contribution is 0.0946. The van der Waals surface area contributed by atoms with Crippen LogP contribution in [0, 0.1) is 5.82 Å². The second kappa shape index (κ2) is 6.63. The average molecular weight is 337 g/mol. The minimum atomic E-state index is -0.552. The minimum absolute atomic E-state index is 0.0118. The molecule has 2 rings (SSSR count). The fraction of sp³-hybridized carbons (Fsp3) is 0.133. The van der Waals surface area contributed by atoms with Gasteiger partial charge in [0.2, 0.25) is 0 Å². The number of amides is 1. The van der Waals surface area contributed by atoms with Gasteiger partial charge in [0.25, 0.3) is 5.91 Å². The quantitative estimate of drug-likeness (QED) is 0.901. The molecule has 2 aromatic rings. The van der Waals surface area contributed by atoms with E-state index >= 15 is 0 Å². The Bertz CT molecular complexity index is 611. The largest absolute Gasteiger partial charge is 0.348 e. The number of nitrogens with one attached hydrogen (secondary N) is 1. The first-order chi connectivity index (χ1) is 9.63. The number of hydrogen-bond acceptors (Lipinski definition) is 2. The third-order valence-electron chi connectivity index (χ3n) is 2.97. The van der Waals surface area contributed by atoms with Crippen LogP contribution >= 0.6 is 15.9 Å². The summed E-state index contributed by atoms with van der Waals surface area (Å²) < 4.78 is 14.1. The van der Waals surface area contributed by atoms with E-state index in [9.17, 15) is 9.18 Å². The van der Waals surface area contributed by atoms with Gasteiger partial charge in [-0.25, -0.2) is 4.39 Å². The van der Waals surface area contributed by atoms with E-state index in [1.54, 1.807) is 12.1 Å². The molecule has 3 nitrogen and oxygen atoms in total. The predicted octanol–water partition coefficient (Wildman–Crippen LogP) is 2.98. The van der Waals surface area contributed by atoms with Crippen LogP contribution in [-0.2, 0) is 13.1 Å². The maximum Gasteiger partial charge on any atom is 0.255 e. The zero-order valence-corrected chi connectivity index (χ0v) is 12.3. The summed E-state index contributed by atoms with van der Waals surface area (Å²) in [5.41, 5.74) is 7.53. The van der Waals surface area contributed by atoms with Crippen molar-refractivity contribution in [2.24, 2.45) is 5.73 Å². The Balaban J connectivity index is 2.13. The van der Waals surface area contributed by atoms with Crippen molar-refractivity contribution in [1.82, 2.24) is 5.32 Å². The van der Waals surface area contributed by atoms with E-state index in [0.29, 0.717) is 17.6 Å². The molecule has 0 aliphatic carbocycles. The van der Waals surface area contributed by atoms with Crippen LogP contribution in [0.5, 0.6) is 0 Å². The van der Waals surface area contributed by atoms with Crippen molar-refractivity contribution in [3.8, 4) is 0 Å². The van der Waals surface area contributed by atoms with Crippen LogP contribution < -0.4 is 11.1 Å². The Hall–Kier alpha value is -1.72. The number of nitrogens with two attached hydrogens (primary N) is 1. The number of carbonyl (C=O) groups is 1. The summed E-state index contributed by atoms with van der Waals surface area (Å²) in [4.78, 5) is 12.0. The number of benzene rings is 2. The van der Waals surface area contributed by atoms with Crippen molar-refractivity contribution in [2.75, 3.05) is 0 Å². The molecule has 0 aromatic heterocycles. The van der Waals surface area contributed by atoms with E-state index in [4.69, 9.17) is 5.73 Å². The molecule has 0 unspecified atom stereocenters. The van der Waals surface area contributed by atoms with E-state index in [0.717, 1.165) is 11.1 Å². The first-order valence-corrected chi connectivity index (χ1v) is 6.92. The zero-order valence-electron chi connectivity index (χ0n) is 10.7. The summed E-state index contributed by atoms with van der Waals surface area (Å²) >= 11 is 3.18. The van der Waals surface area contributed by atoms with Gasteiger partial charge >= 0.3 is 0 Å². The SMILES string of the molecule is NCc1ccccc1CNC(=O)c1c(F)cccc1Br. The van der Waals surface area contributed by atoms with Gasteiger partial charge in [-0.1, -0.05) is 30.3 Å². The molecule has 0 saturated carbocycles. The molecule has 0 aliphatic heterocycles. The van der Waals surface area contributed by atoms with Crippen molar-refractivity contribution in [2.45, 2.75) is 13.1 Å². The fourth-order valence-electron chi connectivity index (χ4n) is 1.91. The van der Waals surface area contributed by atoms with Gasteiger partial charge in [-0.15, -0.1) is 0 Å². The number of rotatable bonds is 4. The lowest BCUT2D eigenvalue weighted by Crippen LogP contribution is -2.25. The van der Waals surface area contributed by atoms with E-state index in [-0.39, 0.29) is 5.56 Å². The Morgan fingerprint density at radius 2 is 1.85 bits per heavy atom. The van der Waals surface area contributed by atoms with E-state index in [1.807, 2.05) is 24.3 Å². The summed E-state index contributed by atoms with van der Waals surface area (Å²) in [7, 11) is 0. The maximum absolute atomic E-state index is 13.7. The molecule has 1 amide bonds. The van der Waals surface area contributed by atoms with Crippen LogP contribution in [0.4, 0.5) is 4.39 Å². The van der Waals surface area contributed by atoms with Crippen molar-refractivity contribution in [3.05, 3.63) is 69.4 Å². The molecule has 104 valence electrons. The Labute approximate surface area is 125 Å². The Morgan fingerprint density at radius 3 is 2.50 bits per heavy atom. The molecule has 5 heteroatoms. The van der Waals surface area contributed by atoms with Crippen LogP contribution in [0.1, 0.15) is 21.5 Å². The van der Waals surface area contributed by atoms with Gasteiger partial charge in [0.15, 0.2) is 0 Å². The zero-order chi connectivity index (χ0) is 14.5. The van der Waals surface area contributed by atoms with Gasteiger partial charge in [0.05, 0.1) is 5.56 Å². The highest BCUT2D eigenvalue weighted by Gasteiger charge is 2.15. The van der Waals surface area contributed by atoms with Gasteiger partial charge in [-0.05, 0) is 39.2 Å². The number of halogens is 2. The fourth-order valence-corrected chi connectivity index (χ4v) is 2.43. The van der Waals surface area contributed by atoms with Crippen molar-refractivity contribution < 1.29 is 9.18 Å². The topological polar surface area (TPSA) is 55.1 Å². The van der Waals surface area contributed by atoms with Crippen molar-refractivity contribution >= 4 is 21.8 Å². The highest BCUT2D eigenvalue weighted by Crippen LogP contribution is 2.19. The Morgan fingerprint density at radius 1 is 1.15 bits per heavy atom. The second-order valence-corrected chi connectivity index (χ2v) is 5.11. The Kier molecular flexibility index (Phi) is 4.87. The molecule has 0 atom stereocenters. The van der Waals surface area contributed by atoms with E-state index in [1.165, 1.54) is 6.07 Å². The lowest BCUT2D eigenvalue weighted by atomic mass is 10.1. The molecule has 0 fully saturated rings. The van der Waals surface area contributed by atoms with Crippen LogP contribution in [0.15, 0.2) is 46.9 Å². The maximum atomic E-state index is 13.7. The molecule has 0 saturated heterocycles. The van der Waals surface area contributed by atoms with Crippen molar-refractivity contribution in [3.63, 3.8) is 0 Å². The van der Waals surface area contributed by atoms with Crippen LogP contribution in [0.3, 0.4) is 0 Å². The monoisotopic (exact) mass is 336 g/mol. The average Bonchev–Trinajstić information content (AvgIpc) is 2.45.